The maximum atomic E-state index is 12.8. The number of rotatable bonds is 5. The number of pyridine rings is 1. The van der Waals surface area contributed by atoms with Crippen molar-refractivity contribution in [1.29, 1.82) is 0 Å². The van der Waals surface area contributed by atoms with Gasteiger partial charge in [-0.1, -0.05) is 19.1 Å². The van der Waals surface area contributed by atoms with Crippen LogP contribution in [0.5, 0.6) is 0 Å². The van der Waals surface area contributed by atoms with Crippen molar-refractivity contribution in [1.82, 2.24) is 9.29 Å². The van der Waals surface area contributed by atoms with Gasteiger partial charge < -0.3 is 0 Å². The van der Waals surface area contributed by atoms with E-state index in [1.807, 2.05) is 13.0 Å². The van der Waals surface area contributed by atoms with Crippen LogP contribution >= 0.6 is 0 Å². The fourth-order valence-electron chi connectivity index (χ4n) is 3.08. The third-order valence-corrected chi connectivity index (χ3v) is 7.23. The highest BCUT2D eigenvalue weighted by molar-refractivity contribution is 7.90. The third-order valence-electron chi connectivity index (χ3n) is 4.61. The maximum absolute atomic E-state index is 12.8. The Morgan fingerprint density at radius 1 is 1.04 bits per heavy atom. The van der Waals surface area contributed by atoms with Crippen LogP contribution in [0.2, 0.25) is 0 Å². The highest BCUT2D eigenvalue weighted by Gasteiger charge is 2.25. The molecular formula is C18H23N3O4S2. The summed E-state index contributed by atoms with van der Waals surface area (Å²) in [5.41, 5.74) is 2.67. The summed E-state index contributed by atoms with van der Waals surface area (Å²) in [7, 11) is -7.03. The lowest BCUT2D eigenvalue weighted by Crippen LogP contribution is -2.37. The lowest BCUT2D eigenvalue weighted by atomic mass is 10.0. The smallest absolute Gasteiger partial charge is 0.254 e. The van der Waals surface area contributed by atoms with E-state index in [2.05, 4.69) is 9.71 Å². The molecule has 0 bridgehead atoms. The number of hydrogen-bond acceptors (Lipinski definition) is 5. The molecule has 27 heavy (non-hydrogen) atoms. The Hall–Kier alpha value is -1.97. The normalized spacial score (nSPS) is 15.8. The van der Waals surface area contributed by atoms with Crippen molar-refractivity contribution in [3.8, 4) is 0 Å². The molecule has 0 aliphatic carbocycles. The summed E-state index contributed by atoms with van der Waals surface area (Å²) < 4.78 is 53.0. The first-order valence-corrected chi connectivity index (χ1v) is 12.1. The van der Waals surface area contributed by atoms with Gasteiger partial charge in [-0.25, -0.2) is 13.4 Å². The Labute approximate surface area is 160 Å². The number of aromatic nitrogens is 1. The summed E-state index contributed by atoms with van der Waals surface area (Å²) in [5.74, 6) is 0.301. The summed E-state index contributed by atoms with van der Waals surface area (Å²) in [4.78, 5) is 4.55. The van der Waals surface area contributed by atoms with E-state index in [-0.39, 0.29) is 11.4 Å². The summed E-state index contributed by atoms with van der Waals surface area (Å²) in [5, 5.41) is 0. The Kier molecular flexibility index (Phi) is 5.55. The van der Waals surface area contributed by atoms with Crippen molar-refractivity contribution < 1.29 is 16.8 Å². The Morgan fingerprint density at radius 3 is 2.41 bits per heavy atom. The molecule has 2 heterocycles. The monoisotopic (exact) mass is 409 g/mol. The number of nitrogens with zero attached hydrogens (tertiary/aromatic N) is 2. The molecule has 0 fully saturated rings. The van der Waals surface area contributed by atoms with E-state index in [0.717, 1.165) is 23.2 Å². The number of benzene rings is 1. The predicted octanol–water partition coefficient (Wildman–Crippen LogP) is 1.80. The first kappa shape index (κ1) is 19.8. The lowest BCUT2D eigenvalue weighted by Gasteiger charge is -2.20. The molecule has 0 radical (unpaired) electrons. The van der Waals surface area contributed by atoms with Crippen LogP contribution < -0.4 is 4.72 Å². The van der Waals surface area contributed by atoms with Crippen molar-refractivity contribution >= 4 is 25.9 Å². The van der Waals surface area contributed by atoms with E-state index in [4.69, 9.17) is 0 Å². The minimum atomic E-state index is -3.74. The fourth-order valence-corrected chi connectivity index (χ4v) is 4.92. The maximum Gasteiger partial charge on any atom is 0.302 e. The van der Waals surface area contributed by atoms with Crippen LogP contribution in [-0.4, -0.2) is 45.5 Å². The van der Waals surface area contributed by atoms with Crippen molar-refractivity contribution in [2.75, 3.05) is 24.1 Å². The molecule has 7 nitrogen and oxygen atoms in total. The molecule has 1 aliphatic heterocycles. The first-order chi connectivity index (χ1) is 12.7. The zero-order chi connectivity index (χ0) is 19.7. The molecule has 0 amide bonds. The molecule has 0 spiro atoms. The van der Waals surface area contributed by atoms with Gasteiger partial charge >= 0.3 is 10.2 Å². The zero-order valence-electron chi connectivity index (χ0n) is 15.3. The summed E-state index contributed by atoms with van der Waals surface area (Å²) >= 11 is 0. The number of aryl methyl sites for hydroxylation is 1. The quantitative estimate of drug-likeness (QED) is 0.812. The highest BCUT2D eigenvalue weighted by atomic mass is 32.2. The van der Waals surface area contributed by atoms with Crippen LogP contribution in [0.25, 0.3) is 0 Å². The van der Waals surface area contributed by atoms with Crippen molar-refractivity contribution in [3.05, 3.63) is 53.2 Å². The molecular weight excluding hydrogens is 386 g/mol. The largest absolute Gasteiger partial charge is 0.302 e. The van der Waals surface area contributed by atoms with E-state index < -0.39 is 20.0 Å². The predicted molar refractivity (Wildman–Crippen MR) is 105 cm³/mol. The van der Waals surface area contributed by atoms with Gasteiger partial charge in [0.1, 0.15) is 5.82 Å². The standard InChI is InChI=1S/C18H23N3O4S2/c1-3-16-5-4-6-18(19-16)20-27(24,25)21-11-9-14-7-8-17(26(2,22)23)13-15(14)10-12-21/h4-8,13H,3,9-12H2,1-2H3,(H,19,20). The van der Waals surface area contributed by atoms with E-state index in [9.17, 15) is 16.8 Å². The number of nitrogens with one attached hydrogen (secondary N) is 1. The first-order valence-electron chi connectivity index (χ1n) is 8.75. The minimum Gasteiger partial charge on any atom is -0.254 e. The molecule has 1 aromatic heterocycles. The molecule has 9 heteroatoms. The molecule has 146 valence electrons. The van der Waals surface area contributed by atoms with E-state index in [0.29, 0.717) is 25.2 Å². The second kappa shape index (κ2) is 7.57. The SMILES string of the molecule is CCc1cccc(NS(=O)(=O)N2CCc3ccc(S(C)(=O)=O)cc3CC2)n1. The molecule has 1 N–H and O–H groups in total. The van der Waals surface area contributed by atoms with Crippen LogP contribution in [-0.2, 0) is 39.3 Å². The van der Waals surface area contributed by atoms with Crippen LogP contribution in [0.1, 0.15) is 23.7 Å². The summed E-state index contributed by atoms with van der Waals surface area (Å²) in [6.07, 6.45) is 2.88. The van der Waals surface area contributed by atoms with Crippen LogP contribution in [0.3, 0.4) is 0 Å². The van der Waals surface area contributed by atoms with Gasteiger partial charge in [0, 0.05) is 25.0 Å². The highest BCUT2D eigenvalue weighted by Crippen LogP contribution is 2.22. The van der Waals surface area contributed by atoms with Crippen molar-refractivity contribution in [3.63, 3.8) is 0 Å². The molecule has 0 saturated carbocycles. The number of anilines is 1. The van der Waals surface area contributed by atoms with Gasteiger partial charge in [-0.3, -0.25) is 4.72 Å². The van der Waals surface area contributed by atoms with Crippen molar-refractivity contribution in [2.24, 2.45) is 0 Å². The van der Waals surface area contributed by atoms with Crippen LogP contribution in [0, 0.1) is 0 Å². The molecule has 1 aliphatic rings. The van der Waals surface area contributed by atoms with Crippen LogP contribution in [0.15, 0.2) is 41.3 Å². The van der Waals surface area contributed by atoms with E-state index >= 15 is 0 Å². The zero-order valence-corrected chi connectivity index (χ0v) is 17.0. The average Bonchev–Trinajstić information content (AvgIpc) is 2.83. The molecule has 0 saturated heterocycles. The van der Waals surface area contributed by atoms with Gasteiger partial charge in [-0.2, -0.15) is 12.7 Å². The number of sulfone groups is 1. The topological polar surface area (TPSA) is 96.4 Å². The summed E-state index contributed by atoms with van der Waals surface area (Å²) in [6.45, 7) is 2.56. The molecule has 2 aromatic rings. The summed E-state index contributed by atoms with van der Waals surface area (Å²) in [6, 6.07) is 10.3. The fraction of sp³-hybridized carbons (Fsp3) is 0.389. The Morgan fingerprint density at radius 2 is 1.74 bits per heavy atom. The molecule has 0 atom stereocenters. The van der Waals surface area contributed by atoms with Crippen molar-refractivity contribution in [2.45, 2.75) is 31.1 Å². The number of hydrogen-bond donors (Lipinski definition) is 1. The Bertz CT molecular complexity index is 1050. The lowest BCUT2D eigenvalue weighted by molar-refractivity contribution is 0.430. The van der Waals surface area contributed by atoms with Gasteiger partial charge in [-0.15, -0.1) is 0 Å². The van der Waals surface area contributed by atoms with Gasteiger partial charge in [0.15, 0.2) is 9.84 Å². The molecule has 0 unspecified atom stereocenters. The van der Waals surface area contributed by atoms with E-state index in [1.165, 1.54) is 10.6 Å². The third kappa shape index (κ3) is 4.66. The minimum absolute atomic E-state index is 0.260. The Balaban J connectivity index is 1.78. The second-order valence-corrected chi connectivity index (χ2v) is 10.3. The van der Waals surface area contributed by atoms with Gasteiger partial charge in [0.05, 0.1) is 4.90 Å². The molecule has 1 aromatic carbocycles. The average molecular weight is 410 g/mol. The van der Waals surface area contributed by atoms with Gasteiger partial charge in [0.25, 0.3) is 0 Å². The molecule has 3 rings (SSSR count). The number of fused-ring (bicyclic) bond motifs is 1. The van der Waals surface area contributed by atoms with Crippen LogP contribution in [0.4, 0.5) is 5.82 Å². The van der Waals surface area contributed by atoms with Gasteiger partial charge in [-0.05, 0) is 54.7 Å². The second-order valence-electron chi connectivity index (χ2n) is 6.58. The van der Waals surface area contributed by atoms with Gasteiger partial charge in [0.2, 0.25) is 0 Å². The van der Waals surface area contributed by atoms with E-state index in [1.54, 1.807) is 30.3 Å².